The van der Waals surface area contributed by atoms with E-state index < -0.39 is 0 Å². The van der Waals surface area contributed by atoms with Gasteiger partial charge in [0, 0.05) is 24.3 Å². The first-order valence-electron chi connectivity index (χ1n) is 8.17. The standard InChI is InChI=1S/C18H18ClN5O3/c1-12-7-16(22-27-12)21-17(25)11-23(2)18(26)14-8-20-24(10-14)9-13-5-3-4-6-15(13)19/h3-8,10H,9,11H2,1-2H3,(H,21,22,25). The molecule has 0 aliphatic rings. The molecule has 0 saturated heterocycles. The van der Waals surface area contributed by atoms with Crippen molar-refractivity contribution in [3.05, 3.63) is 64.6 Å². The number of benzene rings is 1. The zero-order chi connectivity index (χ0) is 19.4. The van der Waals surface area contributed by atoms with Crippen molar-refractivity contribution in [2.45, 2.75) is 13.5 Å². The van der Waals surface area contributed by atoms with E-state index in [4.69, 9.17) is 16.1 Å². The Morgan fingerprint density at radius 3 is 2.81 bits per heavy atom. The van der Waals surface area contributed by atoms with Crippen LogP contribution < -0.4 is 5.32 Å². The topological polar surface area (TPSA) is 93.3 Å². The van der Waals surface area contributed by atoms with Gasteiger partial charge in [0.05, 0.1) is 24.8 Å². The number of amides is 2. The summed E-state index contributed by atoms with van der Waals surface area (Å²) in [5, 5.41) is 11.1. The van der Waals surface area contributed by atoms with Crippen molar-refractivity contribution >= 4 is 29.2 Å². The second-order valence-corrected chi connectivity index (χ2v) is 6.46. The van der Waals surface area contributed by atoms with Crippen LogP contribution in [0.3, 0.4) is 0 Å². The van der Waals surface area contributed by atoms with Gasteiger partial charge in [-0.15, -0.1) is 0 Å². The number of aromatic nitrogens is 3. The highest BCUT2D eigenvalue weighted by atomic mass is 35.5. The third kappa shape index (κ3) is 4.73. The quantitative estimate of drug-likeness (QED) is 0.701. The summed E-state index contributed by atoms with van der Waals surface area (Å²) in [4.78, 5) is 25.8. The summed E-state index contributed by atoms with van der Waals surface area (Å²) in [6.45, 7) is 2.04. The summed E-state index contributed by atoms with van der Waals surface area (Å²) in [6.07, 6.45) is 3.09. The summed E-state index contributed by atoms with van der Waals surface area (Å²) in [6, 6.07) is 9.03. The molecule has 0 aliphatic heterocycles. The Kier molecular flexibility index (Phi) is 5.56. The molecule has 3 rings (SSSR count). The lowest BCUT2D eigenvalue weighted by atomic mass is 10.2. The minimum atomic E-state index is -0.373. The van der Waals surface area contributed by atoms with Crippen LogP contribution >= 0.6 is 11.6 Å². The molecule has 2 amide bonds. The lowest BCUT2D eigenvalue weighted by Crippen LogP contribution is -2.34. The largest absolute Gasteiger partial charge is 0.360 e. The average Bonchev–Trinajstić information content (AvgIpc) is 3.25. The molecule has 0 fully saturated rings. The molecule has 140 valence electrons. The molecule has 0 aliphatic carbocycles. The number of carbonyl (C=O) groups excluding carboxylic acids is 2. The summed E-state index contributed by atoms with van der Waals surface area (Å²) >= 11 is 6.15. The van der Waals surface area contributed by atoms with E-state index in [1.165, 1.54) is 11.1 Å². The summed E-state index contributed by atoms with van der Waals surface area (Å²) in [7, 11) is 1.54. The van der Waals surface area contributed by atoms with E-state index in [1.54, 1.807) is 37.0 Å². The normalized spacial score (nSPS) is 10.6. The number of carbonyl (C=O) groups is 2. The van der Waals surface area contributed by atoms with Gasteiger partial charge in [-0.3, -0.25) is 14.3 Å². The van der Waals surface area contributed by atoms with Crippen LogP contribution in [0.15, 0.2) is 47.2 Å². The predicted octanol–water partition coefficient (Wildman–Crippen LogP) is 2.59. The number of nitrogens with one attached hydrogen (secondary N) is 1. The van der Waals surface area contributed by atoms with Crippen LogP contribution in [-0.2, 0) is 11.3 Å². The highest BCUT2D eigenvalue weighted by molar-refractivity contribution is 6.31. The van der Waals surface area contributed by atoms with E-state index in [0.717, 1.165) is 5.56 Å². The lowest BCUT2D eigenvalue weighted by molar-refractivity contribution is -0.116. The fourth-order valence-electron chi connectivity index (χ4n) is 2.48. The van der Waals surface area contributed by atoms with Crippen LogP contribution in [0.1, 0.15) is 21.7 Å². The summed E-state index contributed by atoms with van der Waals surface area (Å²) in [5.74, 6) is 0.209. The fourth-order valence-corrected chi connectivity index (χ4v) is 2.67. The van der Waals surface area contributed by atoms with Gasteiger partial charge in [-0.2, -0.15) is 5.10 Å². The van der Waals surface area contributed by atoms with Crippen LogP contribution in [0.25, 0.3) is 0 Å². The van der Waals surface area contributed by atoms with Gasteiger partial charge in [-0.05, 0) is 18.6 Å². The van der Waals surface area contributed by atoms with Crippen molar-refractivity contribution in [3.63, 3.8) is 0 Å². The molecule has 1 aromatic carbocycles. The Balaban J connectivity index is 1.59. The molecule has 9 heteroatoms. The molecule has 0 unspecified atom stereocenters. The number of hydrogen-bond acceptors (Lipinski definition) is 5. The zero-order valence-electron chi connectivity index (χ0n) is 14.8. The van der Waals surface area contributed by atoms with Crippen molar-refractivity contribution in [2.24, 2.45) is 0 Å². The highest BCUT2D eigenvalue weighted by Gasteiger charge is 2.17. The van der Waals surface area contributed by atoms with E-state index in [2.05, 4.69) is 15.6 Å². The Bertz CT molecular complexity index is 965. The molecular formula is C18H18ClN5O3. The van der Waals surface area contributed by atoms with E-state index in [0.29, 0.717) is 28.7 Å². The van der Waals surface area contributed by atoms with Crippen molar-refractivity contribution < 1.29 is 14.1 Å². The number of likely N-dealkylation sites (N-methyl/N-ethyl adjacent to an activating group) is 1. The van der Waals surface area contributed by atoms with Gasteiger partial charge < -0.3 is 14.7 Å². The molecule has 8 nitrogen and oxygen atoms in total. The highest BCUT2D eigenvalue weighted by Crippen LogP contribution is 2.16. The lowest BCUT2D eigenvalue weighted by Gasteiger charge is -2.15. The number of nitrogens with zero attached hydrogens (tertiary/aromatic N) is 4. The van der Waals surface area contributed by atoms with Crippen LogP contribution in [0.4, 0.5) is 5.82 Å². The van der Waals surface area contributed by atoms with Crippen molar-refractivity contribution in [3.8, 4) is 0 Å². The molecule has 27 heavy (non-hydrogen) atoms. The van der Waals surface area contributed by atoms with Gasteiger partial charge in [-0.25, -0.2) is 0 Å². The van der Waals surface area contributed by atoms with Crippen molar-refractivity contribution in [1.29, 1.82) is 0 Å². The van der Waals surface area contributed by atoms with E-state index >= 15 is 0 Å². The first kappa shape index (κ1) is 18.7. The van der Waals surface area contributed by atoms with E-state index in [9.17, 15) is 9.59 Å². The smallest absolute Gasteiger partial charge is 0.257 e. The van der Waals surface area contributed by atoms with Gasteiger partial charge in [0.25, 0.3) is 5.91 Å². The molecule has 0 atom stereocenters. The van der Waals surface area contributed by atoms with E-state index in [1.807, 2.05) is 18.2 Å². The molecular weight excluding hydrogens is 370 g/mol. The Hall–Kier alpha value is -3.13. The Morgan fingerprint density at radius 1 is 1.33 bits per heavy atom. The zero-order valence-corrected chi connectivity index (χ0v) is 15.6. The second-order valence-electron chi connectivity index (χ2n) is 6.05. The van der Waals surface area contributed by atoms with E-state index in [-0.39, 0.29) is 18.4 Å². The van der Waals surface area contributed by atoms with Gasteiger partial charge in [0.1, 0.15) is 5.76 Å². The third-order valence-corrected chi connectivity index (χ3v) is 4.16. The summed E-state index contributed by atoms with van der Waals surface area (Å²) in [5.41, 5.74) is 1.28. The van der Waals surface area contributed by atoms with Gasteiger partial charge in [-0.1, -0.05) is 35.0 Å². The maximum atomic E-state index is 12.5. The van der Waals surface area contributed by atoms with Crippen LogP contribution in [-0.4, -0.2) is 45.2 Å². The van der Waals surface area contributed by atoms with Gasteiger partial charge in [0.2, 0.25) is 5.91 Å². The Labute approximate surface area is 160 Å². The molecule has 0 bridgehead atoms. The van der Waals surface area contributed by atoms with Crippen molar-refractivity contribution in [2.75, 3.05) is 18.9 Å². The van der Waals surface area contributed by atoms with Crippen LogP contribution in [0.2, 0.25) is 5.02 Å². The predicted molar refractivity (Wildman–Crippen MR) is 99.6 cm³/mol. The molecule has 0 saturated carbocycles. The SMILES string of the molecule is Cc1cc(NC(=O)CN(C)C(=O)c2cnn(Cc3ccccc3Cl)c2)no1. The number of halogens is 1. The van der Waals surface area contributed by atoms with Crippen LogP contribution in [0, 0.1) is 6.92 Å². The third-order valence-electron chi connectivity index (χ3n) is 3.79. The molecule has 3 aromatic rings. The maximum absolute atomic E-state index is 12.5. The fraction of sp³-hybridized carbons (Fsp3) is 0.222. The first-order valence-corrected chi connectivity index (χ1v) is 8.54. The molecule has 0 radical (unpaired) electrons. The molecule has 2 heterocycles. The number of aryl methyl sites for hydroxylation is 1. The summed E-state index contributed by atoms with van der Waals surface area (Å²) < 4.78 is 6.51. The number of hydrogen-bond donors (Lipinski definition) is 1. The molecule has 0 spiro atoms. The molecule has 1 N–H and O–H groups in total. The maximum Gasteiger partial charge on any atom is 0.257 e. The average molecular weight is 388 g/mol. The molecule has 2 aromatic heterocycles. The minimum Gasteiger partial charge on any atom is -0.360 e. The monoisotopic (exact) mass is 387 g/mol. The first-order chi connectivity index (χ1) is 12.9. The second kappa shape index (κ2) is 8.05. The van der Waals surface area contributed by atoms with Crippen LogP contribution in [0.5, 0.6) is 0 Å². The van der Waals surface area contributed by atoms with Gasteiger partial charge >= 0.3 is 0 Å². The number of anilines is 1. The minimum absolute atomic E-state index is 0.125. The van der Waals surface area contributed by atoms with Crippen molar-refractivity contribution in [1.82, 2.24) is 19.8 Å². The Morgan fingerprint density at radius 2 is 2.11 bits per heavy atom. The number of rotatable bonds is 6. The van der Waals surface area contributed by atoms with Gasteiger partial charge in [0.15, 0.2) is 5.82 Å².